The Morgan fingerprint density at radius 3 is 2.40 bits per heavy atom. The van der Waals surface area contributed by atoms with Crippen molar-refractivity contribution in [3.63, 3.8) is 0 Å². The van der Waals surface area contributed by atoms with Crippen LogP contribution in [0.2, 0.25) is 0 Å². The summed E-state index contributed by atoms with van der Waals surface area (Å²) in [5.74, 6) is -3.06. The highest BCUT2D eigenvalue weighted by Crippen LogP contribution is 2.18. The summed E-state index contributed by atoms with van der Waals surface area (Å²) in [6, 6.07) is 1.32. The highest BCUT2D eigenvalue weighted by Gasteiger charge is 2.09. The normalized spacial score (nSPS) is 10.1. The van der Waals surface area contributed by atoms with Gasteiger partial charge in [0.25, 0.3) is 0 Å². The molecular formula is C11H12F3N. The maximum Gasteiger partial charge on any atom is 0.161 e. The average molecular weight is 215 g/mol. The van der Waals surface area contributed by atoms with E-state index in [1.165, 1.54) is 0 Å². The second-order valence-electron chi connectivity index (χ2n) is 3.20. The van der Waals surface area contributed by atoms with Crippen LogP contribution in [0.15, 0.2) is 24.3 Å². The molecule has 0 aliphatic heterocycles. The summed E-state index contributed by atoms with van der Waals surface area (Å²) >= 11 is 0. The maximum atomic E-state index is 13.1. The predicted molar refractivity (Wildman–Crippen MR) is 54.2 cm³/mol. The SMILES string of the molecule is C=C(CC)CNc1cc(F)c(F)cc1F. The third-order valence-electron chi connectivity index (χ3n) is 2.04. The van der Waals surface area contributed by atoms with E-state index < -0.39 is 17.5 Å². The van der Waals surface area contributed by atoms with Gasteiger partial charge < -0.3 is 5.32 Å². The lowest BCUT2D eigenvalue weighted by molar-refractivity contribution is 0.496. The number of halogens is 3. The van der Waals surface area contributed by atoms with E-state index in [-0.39, 0.29) is 5.69 Å². The quantitative estimate of drug-likeness (QED) is 0.599. The topological polar surface area (TPSA) is 12.0 Å². The molecule has 1 nitrogen and oxygen atoms in total. The fourth-order valence-electron chi connectivity index (χ4n) is 1.00. The van der Waals surface area contributed by atoms with Gasteiger partial charge in [0.15, 0.2) is 11.6 Å². The third kappa shape index (κ3) is 3.01. The Morgan fingerprint density at radius 1 is 1.20 bits per heavy atom. The first-order chi connectivity index (χ1) is 7.04. The highest BCUT2D eigenvalue weighted by atomic mass is 19.2. The van der Waals surface area contributed by atoms with Crippen LogP contribution < -0.4 is 5.32 Å². The molecule has 1 aromatic carbocycles. The van der Waals surface area contributed by atoms with E-state index in [0.29, 0.717) is 12.6 Å². The van der Waals surface area contributed by atoms with Crippen molar-refractivity contribution in [2.75, 3.05) is 11.9 Å². The van der Waals surface area contributed by atoms with E-state index in [1.807, 2.05) is 6.92 Å². The van der Waals surface area contributed by atoms with Crippen molar-refractivity contribution in [1.82, 2.24) is 0 Å². The molecule has 0 saturated carbocycles. The van der Waals surface area contributed by atoms with Gasteiger partial charge in [0.2, 0.25) is 0 Å². The van der Waals surface area contributed by atoms with Crippen LogP contribution >= 0.6 is 0 Å². The van der Waals surface area contributed by atoms with Crippen LogP contribution in [0.1, 0.15) is 13.3 Å². The number of benzene rings is 1. The van der Waals surface area contributed by atoms with Gasteiger partial charge in [-0.3, -0.25) is 0 Å². The van der Waals surface area contributed by atoms with Crippen LogP contribution in [0.3, 0.4) is 0 Å². The molecule has 82 valence electrons. The van der Waals surface area contributed by atoms with Gasteiger partial charge in [-0.25, -0.2) is 13.2 Å². The molecule has 0 spiro atoms. The highest BCUT2D eigenvalue weighted by molar-refractivity contribution is 5.46. The smallest absolute Gasteiger partial charge is 0.161 e. The van der Waals surface area contributed by atoms with E-state index in [1.54, 1.807) is 0 Å². The monoisotopic (exact) mass is 215 g/mol. The van der Waals surface area contributed by atoms with Gasteiger partial charge in [-0.2, -0.15) is 0 Å². The van der Waals surface area contributed by atoms with Crippen LogP contribution in [-0.4, -0.2) is 6.54 Å². The molecule has 1 aromatic rings. The van der Waals surface area contributed by atoms with Crippen molar-refractivity contribution >= 4 is 5.69 Å². The van der Waals surface area contributed by atoms with Gasteiger partial charge >= 0.3 is 0 Å². The Bertz CT molecular complexity index is 374. The molecular weight excluding hydrogens is 203 g/mol. The largest absolute Gasteiger partial charge is 0.379 e. The molecule has 0 fully saturated rings. The minimum Gasteiger partial charge on any atom is -0.379 e. The zero-order chi connectivity index (χ0) is 11.4. The Balaban J connectivity index is 2.77. The first-order valence-electron chi connectivity index (χ1n) is 4.59. The molecule has 0 saturated heterocycles. The Kier molecular flexibility index (Phi) is 3.77. The van der Waals surface area contributed by atoms with Crippen molar-refractivity contribution in [1.29, 1.82) is 0 Å². The van der Waals surface area contributed by atoms with Crippen LogP contribution in [0, 0.1) is 17.5 Å². The molecule has 4 heteroatoms. The van der Waals surface area contributed by atoms with Gasteiger partial charge in [0.05, 0.1) is 5.69 Å². The zero-order valence-electron chi connectivity index (χ0n) is 8.41. The molecule has 1 N–H and O–H groups in total. The van der Waals surface area contributed by atoms with Gasteiger partial charge in [-0.15, -0.1) is 0 Å². The summed E-state index contributed by atoms with van der Waals surface area (Å²) in [5, 5.41) is 2.65. The number of hydrogen-bond donors (Lipinski definition) is 1. The molecule has 0 bridgehead atoms. The Labute approximate surface area is 86.6 Å². The molecule has 0 aliphatic carbocycles. The third-order valence-corrected chi connectivity index (χ3v) is 2.04. The standard InChI is InChI=1S/C11H12F3N/c1-3-7(2)6-15-11-5-9(13)8(12)4-10(11)14/h4-5,15H,2-3,6H2,1H3. The minimum absolute atomic E-state index is 0.0523. The molecule has 0 atom stereocenters. The van der Waals surface area contributed by atoms with Gasteiger partial charge in [-0.05, 0) is 6.42 Å². The Morgan fingerprint density at radius 2 is 1.80 bits per heavy atom. The van der Waals surface area contributed by atoms with Crippen molar-refractivity contribution in [2.45, 2.75) is 13.3 Å². The number of anilines is 1. The first-order valence-corrected chi connectivity index (χ1v) is 4.59. The molecule has 0 amide bonds. The lowest BCUT2D eigenvalue weighted by atomic mass is 10.2. The molecule has 1 rings (SSSR count). The lowest BCUT2D eigenvalue weighted by Crippen LogP contribution is -2.06. The molecule has 0 aromatic heterocycles. The minimum atomic E-state index is -1.19. The van der Waals surface area contributed by atoms with Gasteiger partial charge in [0.1, 0.15) is 5.82 Å². The summed E-state index contributed by atoms with van der Waals surface area (Å²) in [5.41, 5.74) is 0.808. The second kappa shape index (κ2) is 4.87. The number of hydrogen-bond acceptors (Lipinski definition) is 1. The molecule has 0 radical (unpaired) electrons. The van der Waals surface area contributed by atoms with Crippen LogP contribution in [-0.2, 0) is 0 Å². The molecule has 0 aliphatic rings. The average Bonchev–Trinajstić information content (AvgIpc) is 2.21. The lowest BCUT2D eigenvalue weighted by Gasteiger charge is -2.08. The zero-order valence-corrected chi connectivity index (χ0v) is 8.41. The van der Waals surface area contributed by atoms with Gasteiger partial charge in [0, 0.05) is 18.7 Å². The van der Waals surface area contributed by atoms with Crippen LogP contribution in [0.5, 0.6) is 0 Å². The van der Waals surface area contributed by atoms with E-state index in [9.17, 15) is 13.2 Å². The second-order valence-corrected chi connectivity index (χ2v) is 3.20. The molecule has 0 unspecified atom stereocenters. The van der Waals surface area contributed by atoms with E-state index in [4.69, 9.17) is 0 Å². The summed E-state index contributed by atoms with van der Waals surface area (Å²) in [4.78, 5) is 0. The first kappa shape index (κ1) is 11.6. The molecule has 15 heavy (non-hydrogen) atoms. The maximum absolute atomic E-state index is 13.1. The predicted octanol–water partition coefficient (Wildman–Crippen LogP) is 3.48. The van der Waals surface area contributed by atoms with Crippen molar-refractivity contribution in [2.24, 2.45) is 0 Å². The summed E-state index contributed by atoms with van der Waals surface area (Å²) in [7, 11) is 0. The number of nitrogens with one attached hydrogen (secondary N) is 1. The van der Waals surface area contributed by atoms with Crippen molar-refractivity contribution in [3.05, 3.63) is 41.7 Å². The van der Waals surface area contributed by atoms with E-state index >= 15 is 0 Å². The summed E-state index contributed by atoms with van der Waals surface area (Å²) in [6.45, 7) is 5.96. The van der Waals surface area contributed by atoms with Crippen molar-refractivity contribution in [3.8, 4) is 0 Å². The van der Waals surface area contributed by atoms with Crippen molar-refractivity contribution < 1.29 is 13.2 Å². The molecule has 0 heterocycles. The van der Waals surface area contributed by atoms with Gasteiger partial charge in [-0.1, -0.05) is 19.1 Å². The van der Waals surface area contributed by atoms with E-state index in [0.717, 1.165) is 18.1 Å². The van der Waals surface area contributed by atoms with E-state index in [2.05, 4.69) is 11.9 Å². The summed E-state index contributed by atoms with van der Waals surface area (Å²) < 4.78 is 38.4. The Hall–Kier alpha value is -1.45. The fraction of sp³-hybridized carbons (Fsp3) is 0.273. The fourth-order valence-corrected chi connectivity index (χ4v) is 1.00. The number of rotatable bonds is 4. The summed E-state index contributed by atoms with van der Waals surface area (Å²) in [6.07, 6.45) is 0.748. The van der Waals surface area contributed by atoms with Crippen LogP contribution in [0.4, 0.5) is 18.9 Å². The van der Waals surface area contributed by atoms with Crippen LogP contribution in [0.25, 0.3) is 0 Å².